The van der Waals surface area contributed by atoms with Crippen LogP contribution in [0.2, 0.25) is 0 Å². The summed E-state index contributed by atoms with van der Waals surface area (Å²) in [4.78, 5) is 90.8. The number of unbranched alkanes of at least 4 members (excludes halogenated alkanes) is 8. The van der Waals surface area contributed by atoms with E-state index in [1.807, 2.05) is 13.8 Å². The largest absolute Gasteiger partial charge is 0.507 e. The van der Waals surface area contributed by atoms with Crippen molar-refractivity contribution >= 4 is 46.4 Å². The molecule has 29 heteroatoms. The quantitative estimate of drug-likeness (QED) is 0.0178. The molecule has 0 unspecified atom stereocenters. The molecule has 18 N–H and O–H groups in total. The molecular formula is C72H96N6O23. The molecule has 10 rings (SSSR count). The molecular weight excluding hydrogens is 1320 g/mol. The Hall–Kier alpha value is -7.88. The van der Waals surface area contributed by atoms with Crippen LogP contribution in [0.1, 0.15) is 223 Å². The van der Waals surface area contributed by atoms with Gasteiger partial charge in [-0.25, -0.2) is 5.43 Å². The third-order valence-electron chi connectivity index (χ3n) is 19.4. The fraction of sp³-hybridized carbons (Fsp3) is 0.556. The van der Waals surface area contributed by atoms with Gasteiger partial charge in [-0.15, -0.1) is 0 Å². The van der Waals surface area contributed by atoms with E-state index < -0.39 is 185 Å². The summed E-state index contributed by atoms with van der Waals surface area (Å²) in [6.07, 6.45) is -0.148. The fourth-order valence-electron chi connectivity index (χ4n) is 13.8. The van der Waals surface area contributed by atoms with E-state index in [0.717, 1.165) is 25.8 Å². The third kappa shape index (κ3) is 16.8. The average Bonchev–Trinajstić information content (AvgIpc) is 0.717. The predicted molar refractivity (Wildman–Crippen MR) is 363 cm³/mol. The molecule has 12 atom stereocenters. The van der Waals surface area contributed by atoms with Crippen LogP contribution in [0.15, 0.2) is 41.5 Å². The van der Waals surface area contributed by atoms with Crippen molar-refractivity contribution in [1.29, 1.82) is 0 Å². The van der Waals surface area contributed by atoms with Crippen molar-refractivity contribution in [3.63, 3.8) is 0 Å². The van der Waals surface area contributed by atoms with Crippen LogP contribution in [0, 0.1) is 5.92 Å². The van der Waals surface area contributed by atoms with E-state index in [1.54, 1.807) is 13.8 Å². The Morgan fingerprint density at radius 3 is 1.45 bits per heavy atom. The van der Waals surface area contributed by atoms with Gasteiger partial charge in [-0.2, -0.15) is 5.10 Å². The highest BCUT2D eigenvalue weighted by molar-refractivity contribution is 6.32. The number of aromatic hydroxyl groups is 4. The van der Waals surface area contributed by atoms with Crippen molar-refractivity contribution in [2.24, 2.45) is 28.2 Å². The molecule has 0 aromatic heterocycles. The Morgan fingerprint density at radius 2 is 1.04 bits per heavy atom. The first-order chi connectivity index (χ1) is 48.0. The second-order valence-corrected chi connectivity index (χ2v) is 27.0. The smallest absolute Gasteiger partial charge is 0.240 e. The van der Waals surface area contributed by atoms with Gasteiger partial charge in [0.25, 0.3) is 0 Å². The van der Waals surface area contributed by atoms with E-state index in [2.05, 4.69) is 22.8 Å². The summed E-state index contributed by atoms with van der Waals surface area (Å²) in [5.41, 5.74) is 12.4. The normalized spacial score (nSPS) is 25.7. The summed E-state index contributed by atoms with van der Waals surface area (Å²) >= 11 is 0. The number of phenolic OH excluding ortho intramolecular Hbond substituents is 4. The monoisotopic (exact) mass is 1410 g/mol. The summed E-state index contributed by atoms with van der Waals surface area (Å²) in [6.45, 7) is 8.44. The maximum Gasteiger partial charge on any atom is 0.240 e. The van der Waals surface area contributed by atoms with Crippen molar-refractivity contribution in [1.82, 2.24) is 10.7 Å². The summed E-state index contributed by atoms with van der Waals surface area (Å²) in [5, 5.41) is 117. The van der Waals surface area contributed by atoms with Gasteiger partial charge in [-0.05, 0) is 38.3 Å². The third-order valence-corrected chi connectivity index (χ3v) is 19.4. The minimum absolute atomic E-state index is 0.0173. The lowest BCUT2D eigenvalue weighted by Crippen LogP contribution is -2.53. The van der Waals surface area contributed by atoms with Crippen LogP contribution in [0.3, 0.4) is 0 Å². The molecule has 0 bridgehead atoms. The molecule has 552 valence electrons. The van der Waals surface area contributed by atoms with Crippen LogP contribution in [0.25, 0.3) is 0 Å². The number of aliphatic hydroxyl groups excluding tert-OH is 4. The highest BCUT2D eigenvalue weighted by Crippen LogP contribution is 2.55. The van der Waals surface area contributed by atoms with Crippen LogP contribution in [0.4, 0.5) is 0 Å². The van der Waals surface area contributed by atoms with Gasteiger partial charge in [-0.3, -0.25) is 33.6 Å². The molecule has 0 saturated carbocycles. The van der Waals surface area contributed by atoms with Crippen LogP contribution >= 0.6 is 0 Å². The van der Waals surface area contributed by atoms with Gasteiger partial charge < -0.3 is 102 Å². The van der Waals surface area contributed by atoms with E-state index >= 15 is 0 Å². The standard InChI is InChI=1S/C39H53N3O11.C27H29NO11.C6H14N2O/c1-4-5-6-7-8-9-10-11-12-16-28(44)42-41-27(20-43)39(50)18-23-31(26(19-39)53-29-17-24(40)34(45)21(2)52-29)38(49)33-32(36(23)47)35(46)22-14-13-15-25(51-3)30(22)37(33)48;1-10-22(31)13(28)6-17(38-10)39-15-8-27(36,16(30)9-29)7-12-19(15)26(35)21-20(24(12)33)23(32)11-4-3-5-14(37-2)18(11)25(21)34;1-5(2)4-8-6(9)3-7/h13-15,21,24,26,29,34,43,45,47,49-50H,4-12,16-20,40H2,1-3H3,(H,42,44);3-5,10,13,15,17,22,29,31,33,35-36H,6-9,28H2,1-2H3;5H,3-4,7H2,1-2H3,(H,8,9)/b41-27-;;/t21-,24-,26-,29-,34+,39-;10-,13-,15-,17-,22+,27-;/m00./s1. The van der Waals surface area contributed by atoms with Gasteiger partial charge in [-0.1, -0.05) is 96.4 Å². The maximum atomic E-state index is 14.0. The summed E-state index contributed by atoms with van der Waals surface area (Å²) in [7, 11) is 2.66. The number of ether oxygens (including phenoxy) is 6. The number of phenols is 4. The molecule has 0 spiro atoms. The molecule has 2 fully saturated rings. The zero-order valence-corrected chi connectivity index (χ0v) is 57.9. The van der Waals surface area contributed by atoms with E-state index in [0.29, 0.717) is 12.3 Å². The molecule has 2 amide bonds. The second-order valence-electron chi connectivity index (χ2n) is 27.0. The van der Waals surface area contributed by atoms with Gasteiger partial charge in [0.15, 0.2) is 29.9 Å². The van der Waals surface area contributed by atoms with Crippen LogP contribution < -0.4 is 37.4 Å². The first-order valence-electron chi connectivity index (χ1n) is 34.2. The van der Waals surface area contributed by atoms with E-state index in [1.165, 1.54) is 82.7 Å². The van der Waals surface area contributed by atoms with Crippen LogP contribution in [-0.4, -0.2) is 198 Å². The number of hydrogen-bond acceptors (Lipinski definition) is 27. The van der Waals surface area contributed by atoms with Crippen molar-refractivity contribution in [2.75, 3.05) is 40.5 Å². The second kappa shape index (κ2) is 33.9. The first kappa shape index (κ1) is 78.8. The Bertz CT molecular complexity index is 3760. The SMILES string of the molecule is CC(C)CNC(=O)CN.CCCCCCCCCCCC(=O)N/N=C(/CO)[C@]1(O)Cc2c(O)c3c(c(O)c2[C@@H](O[C@H]2C[C@H](N)[C@H](O)[C@H](C)O2)C1)C(=O)c1c(OC)cccc1C3=O.COc1cccc2c1C(=O)c1c(O)c3c(c(O)c1C2=O)C[C@@](O)(C(=O)CO)C[C@@H]3O[C@H]1C[C@H](N)[C@H](O)[C@H](C)O1. The lowest BCUT2D eigenvalue weighted by atomic mass is 9.71. The molecule has 4 aromatic carbocycles. The van der Waals surface area contributed by atoms with Gasteiger partial charge >= 0.3 is 0 Å². The molecule has 2 saturated heterocycles. The number of methoxy groups -OCH3 is 2. The zero-order chi connectivity index (χ0) is 74.1. The molecule has 4 aliphatic carbocycles. The maximum absolute atomic E-state index is 14.0. The summed E-state index contributed by atoms with van der Waals surface area (Å²) in [5.74, 6) is -6.47. The molecule has 6 aliphatic rings. The van der Waals surface area contributed by atoms with Gasteiger partial charge in [0.1, 0.15) is 52.3 Å². The number of nitrogens with zero attached hydrogens (tertiary/aromatic N) is 1. The Kier molecular flexibility index (Phi) is 26.5. The first-order valence-corrected chi connectivity index (χ1v) is 34.2. The van der Waals surface area contributed by atoms with Crippen molar-refractivity contribution in [3.8, 4) is 34.5 Å². The number of nitrogens with two attached hydrogens (primary N) is 3. The lowest BCUT2D eigenvalue weighted by molar-refractivity contribution is -0.247. The average molecular weight is 1410 g/mol. The van der Waals surface area contributed by atoms with Crippen LogP contribution in [-0.2, 0) is 46.2 Å². The van der Waals surface area contributed by atoms with Gasteiger partial charge in [0.2, 0.25) is 23.4 Å². The van der Waals surface area contributed by atoms with Crippen molar-refractivity contribution < 1.29 is 113 Å². The highest BCUT2D eigenvalue weighted by Gasteiger charge is 2.52. The molecule has 101 heavy (non-hydrogen) atoms. The number of amides is 2. The zero-order valence-electron chi connectivity index (χ0n) is 57.9. The lowest BCUT2D eigenvalue weighted by Gasteiger charge is -2.43. The number of hydrogen-bond donors (Lipinski definition) is 15. The number of nitrogens with one attached hydrogen (secondary N) is 2. The Balaban J connectivity index is 0.000000236. The highest BCUT2D eigenvalue weighted by atomic mass is 16.7. The molecule has 4 aromatic rings. The summed E-state index contributed by atoms with van der Waals surface area (Å²) in [6, 6.07) is 7.32. The minimum Gasteiger partial charge on any atom is -0.507 e. The Morgan fingerprint density at radius 1 is 0.614 bits per heavy atom. The number of carbonyl (C=O) groups excluding carboxylic acids is 7. The number of hydrazone groups is 1. The van der Waals surface area contributed by atoms with Gasteiger partial charge in [0.05, 0.1) is 103 Å². The van der Waals surface area contributed by atoms with Crippen molar-refractivity contribution in [3.05, 3.63) is 103 Å². The number of aliphatic hydroxyl groups is 6. The van der Waals surface area contributed by atoms with Crippen LogP contribution in [0.5, 0.6) is 34.5 Å². The van der Waals surface area contributed by atoms with E-state index in [-0.39, 0.29) is 99.9 Å². The predicted octanol–water partition coefficient (Wildman–Crippen LogP) is 3.54. The molecule has 29 nitrogen and oxygen atoms in total. The number of ketones is 5. The number of benzene rings is 4. The number of rotatable bonds is 24. The van der Waals surface area contributed by atoms with E-state index in [9.17, 15) is 84.6 Å². The molecule has 2 aliphatic heterocycles. The summed E-state index contributed by atoms with van der Waals surface area (Å²) < 4.78 is 34.5. The Labute approximate surface area is 584 Å². The number of fused-ring (bicyclic) bond motifs is 6. The molecule has 0 radical (unpaired) electrons. The number of Topliss-reactive ketones (excluding diaryl/α,β-unsaturated/α-hetero) is 1. The van der Waals surface area contributed by atoms with Crippen molar-refractivity contribution in [2.45, 2.75) is 210 Å². The topological polar surface area (TPSA) is 492 Å². The number of carbonyl (C=O) groups is 7. The minimum atomic E-state index is -2.24. The van der Waals surface area contributed by atoms with E-state index in [4.69, 9.17) is 45.6 Å². The molecule has 2 heterocycles. The van der Waals surface area contributed by atoms with Gasteiger partial charge in [0, 0.05) is 97.0 Å². The fourth-order valence-corrected chi connectivity index (χ4v) is 13.8.